The Morgan fingerprint density at radius 1 is 0.935 bits per heavy atom. The number of carbonyl (C=O) groups is 2. The highest BCUT2D eigenvalue weighted by Gasteiger charge is 2.19. The van der Waals surface area contributed by atoms with Crippen LogP contribution in [0.25, 0.3) is 0 Å². The predicted octanol–water partition coefficient (Wildman–Crippen LogP) is 1.40. The Bertz CT molecular complexity index is 950. The van der Waals surface area contributed by atoms with Gasteiger partial charge < -0.3 is 32.0 Å². The molecule has 166 valence electrons. The number of carbonyl (C=O) groups excluding carboxylic acids is 2. The number of nitrogens with one attached hydrogen (secondary N) is 1. The van der Waals surface area contributed by atoms with Gasteiger partial charge in [0.1, 0.15) is 5.75 Å². The maximum Gasteiger partial charge on any atom is 0.310 e. The van der Waals surface area contributed by atoms with Gasteiger partial charge in [-0.25, -0.2) is 0 Å². The van der Waals surface area contributed by atoms with E-state index in [4.69, 9.17) is 26.7 Å². The third-order valence-electron chi connectivity index (χ3n) is 4.15. The Kier molecular flexibility index (Phi) is 8.73. The lowest BCUT2D eigenvalue weighted by Crippen LogP contribution is -2.16. The van der Waals surface area contributed by atoms with Crippen molar-refractivity contribution in [2.75, 3.05) is 31.6 Å². The molecular weight excluding hydrogens is 406 g/mol. The van der Waals surface area contributed by atoms with Gasteiger partial charge in [-0.05, 0) is 50.2 Å². The summed E-state index contributed by atoms with van der Waals surface area (Å²) >= 11 is 0. The molecule has 0 aliphatic heterocycles. The second kappa shape index (κ2) is 11.5. The average molecular weight is 431 g/mol. The maximum absolute atomic E-state index is 12.8. The van der Waals surface area contributed by atoms with Crippen molar-refractivity contribution in [3.05, 3.63) is 57.6 Å². The number of nitrogens with zero attached hydrogens (tertiary/aromatic N) is 1. The van der Waals surface area contributed by atoms with Crippen LogP contribution in [0.15, 0.2) is 36.4 Å². The van der Waals surface area contributed by atoms with E-state index < -0.39 is 16.7 Å². The summed E-state index contributed by atoms with van der Waals surface area (Å²) in [6.45, 7) is 1.23. The Balaban J connectivity index is 2.27. The first-order valence-electron chi connectivity index (χ1n) is 9.56. The quantitative estimate of drug-likeness (QED) is 0.220. The number of nitro groups is 1. The third-order valence-corrected chi connectivity index (χ3v) is 4.15. The lowest BCUT2D eigenvalue weighted by Gasteiger charge is -2.14. The molecule has 0 atom stereocenters. The Morgan fingerprint density at radius 2 is 1.52 bits per heavy atom. The number of nitrogens with two attached hydrogens (primary N) is 3. The summed E-state index contributed by atoms with van der Waals surface area (Å²) in [5.74, 6) is -0.973. The van der Waals surface area contributed by atoms with Gasteiger partial charge in [0.25, 0.3) is 5.91 Å². The third kappa shape index (κ3) is 6.66. The molecule has 0 bridgehead atoms. The number of rotatable bonds is 12. The molecule has 0 unspecified atom stereocenters. The van der Waals surface area contributed by atoms with Gasteiger partial charge in [0.2, 0.25) is 5.91 Å². The van der Waals surface area contributed by atoms with Gasteiger partial charge >= 0.3 is 5.69 Å². The minimum absolute atomic E-state index is 0.0328. The molecule has 2 rings (SSSR count). The average Bonchev–Trinajstić information content (AvgIpc) is 2.74. The van der Waals surface area contributed by atoms with E-state index in [0.717, 1.165) is 0 Å². The first kappa shape index (κ1) is 23.6. The van der Waals surface area contributed by atoms with Crippen LogP contribution in [-0.2, 0) is 0 Å². The van der Waals surface area contributed by atoms with E-state index in [0.29, 0.717) is 31.6 Å². The molecule has 2 aromatic rings. The van der Waals surface area contributed by atoms with Gasteiger partial charge in [-0.15, -0.1) is 0 Å². The Morgan fingerprint density at radius 3 is 2.10 bits per heavy atom. The molecule has 11 heteroatoms. The monoisotopic (exact) mass is 431 g/mol. The van der Waals surface area contributed by atoms with Gasteiger partial charge in [-0.3, -0.25) is 19.7 Å². The normalized spacial score (nSPS) is 10.4. The van der Waals surface area contributed by atoms with Gasteiger partial charge in [0.15, 0.2) is 5.75 Å². The molecule has 11 nitrogen and oxygen atoms in total. The van der Waals surface area contributed by atoms with Crippen molar-refractivity contribution in [2.45, 2.75) is 12.8 Å². The molecule has 0 radical (unpaired) electrons. The first-order chi connectivity index (χ1) is 14.9. The molecule has 0 fully saturated rings. The fraction of sp³-hybridized carbons (Fsp3) is 0.300. The molecule has 2 amide bonds. The van der Waals surface area contributed by atoms with Gasteiger partial charge in [0, 0.05) is 23.3 Å². The molecule has 7 N–H and O–H groups in total. The molecule has 0 aliphatic carbocycles. The van der Waals surface area contributed by atoms with Crippen LogP contribution in [0, 0.1) is 10.1 Å². The van der Waals surface area contributed by atoms with Crippen LogP contribution < -0.4 is 32.0 Å². The van der Waals surface area contributed by atoms with E-state index in [1.807, 2.05) is 0 Å². The van der Waals surface area contributed by atoms with Crippen molar-refractivity contribution < 1.29 is 24.0 Å². The lowest BCUT2D eigenvalue weighted by molar-refractivity contribution is -0.385. The number of nitro benzene ring substituents is 1. The summed E-state index contributed by atoms with van der Waals surface area (Å²) in [6.07, 6.45) is 1.07. The van der Waals surface area contributed by atoms with E-state index in [9.17, 15) is 19.7 Å². The smallest absolute Gasteiger partial charge is 0.310 e. The number of ether oxygens (including phenoxy) is 2. The van der Waals surface area contributed by atoms with Crippen molar-refractivity contribution >= 4 is 23.2 Å². The highest BCUT2D eigenvalue weighted by molar-refractivity contribution is 6.06. The number of primary amides is 1. The van der Waals surface area contributed by atoms with E-state index in [-0.39, 0.29) is 41.5 Å². The summed E-state index contributed by atoms with van der Waals surface area (Å²) < 4.78 is 11.0. The van der Waals surface area contributed by atoms with Crippen LogP contribution >= 0.6 is 0 Å². The molecule has 0 spiro atoms. The van der Waals surface area contributed by atoms with Crippen LogP contribution in [0.1, 0.15) is 33.6 Å². The summed E-state index contributed by atoms with van der Waals surface area (Å²) in [5.41, 5.74) is 16.6. The number of hydrogen-bond acceptors (Lipinski definition) is 8. The second-order valence-corrected chi connectivity index (χ2v) is 6.45. The molecule has 31 heavy (non-hydrogen) atoms. The zero-order valence-corrected chi connectivity index (χ0v) is 16.8. The highest BCUT2D eigenvalue weighted by atomic mass is 16.6. The molecule has 2 aromatic carbocycles. The van der Waals surface area contributed by atoms with Crippen LogP contribution in [-0.4, -0.2) is 43.0 Å². The summed E-state index contributed by atoms with van der Waals surface area (Å²) in [4.78, 5) is 34.8. The molecule has 0 aromatic heterocycles. The predicted molar refractivity (Wildman–Crippen MR) is 114 cm³/mol. The second-order valence-electron chi connectivity index (χ2n) is 6.45. The maximum atomic E-state index is 12.8. The first-order valence-corrected chi connectivity index (χ1v) is 9.56. The zero-order valence-electron chi connectivity index (χ0n) is 16.8. The molecule has 0 saturated carbocycles. The summed E-state index contributed by atoms with van der Waals surface area (Å²) in [5, 5.41) is 13.9. The van der Waals surface area contributed by atoms with Gasteiger partial charge in [0.05, 0.1) is 23.8 Å². The fourth-order valence-electron chi connectivity index (χ4n) is 2.55. The number of benzene rings is 2. The molecule has 0 heterocycles. The minimum atomic E-state index is -0.642. The van der Waals surface area contributed by atoms with Crippen molar-refractivity contribution in [1.29, 1.82) is 0 Å². The highest BCUT2D eigenvalue weighted by Crippen LogP contribution is 2.30. The summed E-state index contributed by atoms with van der Waals surface area (Å²) in [6, 6.07) is 8.16. The molecular formula is C20H25N5O6. The van der Waals surface area contributed by atoms with Crippen LogP contribution in [0.4, 0.5) is 11.4 Å². The van der Waals surface area contributed by atoms with E-state index >= 15 is 0 Å². The Hall–Kier alpha value is -3.70. The van der Waals surface area contributed by atoms with E-state index in [1.54, 1.807) is 0 Å². The van der Waals surface area contributed by atoms with Crippen molar-refractivity contribution in [1.82, 2.24) is 0 Å². The topological polar surface area (TPSA) is 186 Å². The SMILES string of the molecule is NCCCOc1cc(C(N)=O)ccc1NC(=O)c1ccc([N+](=O)[O-])c(OCCCN)c1. The number of hydrogen-bond donors (Lipinski definition) is 4. The molecule has 0 saturated heterocycles. The Labute approximate surface area is 178 Å². The van der Waals surface area contributed by atoms with Gasteiger partial charge in [-0.1, -0.05) is 0 Å². The number of anilines is 1. The van der Waals surface area contributed by atoms with Crippen LogP contribution in [0.2, 0.25) is 0 Å². The van der Waals surface area contributed by atoms with Crippen LogP contribution in [0.3, 0.4) is 0 Å². The largest absolute Gasteiger partial charge is 0.491 e. The van der Waals surface area contributed by atoms with Crippen molar-refractivity contribution in [3.63, 3.8) is 0 Å². The number of amides is 2. The van der Waals surface area contributed by atoms with E-state index in [2.05, 4.69) is 5.32 Å². The van der Waals surface area contributed by atoms with Crippen molar-refractivity contribution in [3.8, 4) is 11.5 Å². The zero-order chi connectivity index (χ0) is 22.8. The molecule has 0 aliphatic rings. The van der Waals surface area contributed by atoms with Crippen molar-refractivity contribution in [2.24, 2.45) is 17.2 Å². The summed E-state index contributed by atoms with van der Waals surface area (Å²) in [7, 11) is 0. The van der Waals surface area contributed by atoms with Crippen LogP contribution in [0.5, 0.6) is 11.5 Å². The lowest BCUT2D eigenvalue weighted by atomic mass is 10.1. The van der Waals surface area contributed by atoms with E-state index in [1.165, 1.54) is 36.4 Å². The fourth-order valence-corrected chi connectivity index (χ4v) is 2.55. The van der Waals surface area contributed by atoms with Gasteiger partial charge in [-0.2, -0.15) is 0 Å². The standard InChI is InChI=1S/C20H25N5O6/c21-7-1-9-30-17-11-13(19(23)26)3-5-15(17)24-20(27)14-4-6-16(25(28)29)18(12-14)31-10-2-8-22/h3-6,11-12H,1-2,7-10,21-22H2,(H2,23,26)(H,24,27). The minimum Gasteiger partial charge on any atom is -0.491 e.